The van der Waals surface area contributed by atoms with Crippen LogP contribution in [-0.2, 0) is 6.42 Å². The summed E-state index contributed by atoms with van der Waals surface area (Å²) in [6.45, 7) is 10.6. The van der Waals surface area contributed by atoms with Crippen molar-refractivity contribution in [3.8, 4) is 0 Å². The molecule has 4 heteroatoms. The molecule has 1 rings (SSSR count). The molecule has 0 saturated heterocycles. The Bertz CT molecular complexity index is 319. The van der Waals surface area contributed by atoms with E-state index in [1.165, 1.54) is 0 Å². The second-order valence-corrected chi connectivity index (χ2v) is 5.61. The van der Waals surface area contributed by atoms with Crippen LogP contribution in [0.5, 0.6) is 0 Å². The zero-order valence-electron chi connectivity index (χ0n) is 12.0. The minimum atomic E-state index is -0.349. The third-order valence-corrected chi connectivity index (χ3v) is 4.89. The zero-order valence-corrected chi connectivity index (χ0v) is 12.8. The van der Waals surface area contributed by atoms with Crippen LogP contribution in [0.2, 0.25) is 0 Å². The van der Waals surface area contributed by atoms with E-state index in [0.717, 1.165) is 30.9 Å². The molecule has 0 bridgehead atoms. The van der Waals surface area contributed by atoms with E-state index in [-0.39, 0.29) is 11.6 Å². The van der Waals surface area contributed by atoms with E-state index < -0.39 is 0 Å². The molecule has 0 aromatic carbocycles. The molecule has 0 aliphatic rings. The van der Waals surface area contributed by atoms with Crippen LogP contribution in [0.25, 0.3) is 0 Å². The molecule has 18 heavy (non-hydrogen) atoms. The number of thiazole rings is 1. The maximum absolute atomic E-state index is 10.7. The van der Waals surface area contributed by atoms with Crippen LogP contribution >= 0.6 is 11.3 Å². The van der Waals surface area contributed by atoms with Crippen LogP contribution < -0.4 is 0 Å². The lowest BCUT2D eigenvalue weighted by Gasteiger charge is -2.45. The quantitative estimate of drug-likeness (QED) is 0.789. The first kappa shape index (κ1) is 15.6. The molecule has 0 amide bonds. The van der Waals surface area contributed by atoms with Crippen molar-refractivity contribution in [1.82, 2.24) is 9.88 Å². The molecule has 104 valence electrons. The first-order chi connectivity index (χ1) is 8.64. The maximum Gasteiger partial charge on any atom is 0.0951 e. The Balaban J connectivity index is 2.88. The molecular formula is C14H26N2OS. The molecule has 0 saturated carbocycles. The summed E-state index contributed by atoms with van der Waals surface area (Å²) in [6, 6.07) is 0. The van der Waals surface area contributed by atoms with E-state index in [1.54, 1.807) is 11.3 Å². The van der Waals surface area contributed by atoms with Crippen LogP contribution in [0.1, 0.15) is 45.5 Å². The lowest BCUT2D eigenvalue weighted by Crippen LogP contribution is -2.56. The molecule has 1 unspecified atom stereocenters. The first-order valence-corrected chi connectivity index (χ1v) is 7.83. The summed E-state index contributed by atoms with van der Waals surface area (Å²) < 4.78 is 0. The van der Waals surface area contributed by atoms with Gasteiger partial charge in [0.1, 0.15) is 0 Å². The molecular weight excluding hydrogens is 244 g/mol. The van der Waals surface area contributed by atoms with E-state index >= 15 is 0 Å². The molecule has 1 heterocycles. The van der Waals surface area contributed by atoms with E-state index in [2.05, 4.69) is 37.6 Å². The van der Waals surface area contributed by atoms with Crippen LogP contribution in [0.3, 0.4) is 0 Å². The van der Waals surface area contributed by atoms with E-state index in [1.807, 2.05) is 11.6 Å². The maximum atomic E-state index is 10.7. The normalized spacial score (nSPS) is 14.1. The summed E-state index contributed by atoms with van der Waals surface area (Å²) in [7, 11) is 0. The number of aliphatic hydroxyl groups excluding tert-OH is 1. The molecule has 3 nitrogen and oxygen atoms in total. The van der Waals surface area contributed by atoms with Gasteiger partial charge in [-0.15, -0.1) is 11.3 Å². The number of aliphatic hydroxyl groups is 1. The fourth-order valence-electron chi connectivity index (χ4n) is 2.94. The third-order valence-electron chi connectivity index (χ3n) is 4.09. The number of hydrogen-bond acceptors (Lipinski definition) is 4. The number of rotatable bonds is 8. The van der Waals surface area contributed by atoms with Crippen LogP contribution in [-0.4, -0.2) is 39.7 Å². The highest BCUT2D eigenvalue weighted by Crippen LogP contribution is 2.30. The topological polar surface area (TPSA) is 36.4 Å². The largest absolute Gasteiger partial charge is 0.391 e. The number of likely N-dealkylation sites (N-methyl/N-ethyl adjacent to an activating group) is 1. The van der Waals surface area contributed by atoms with Crippen molar-refractivity contribution in [2.45, 2.75) is 58.6 Å². The monoisotopic (exact) mass is 270 g/mol. The Labute approximate surface area is 115 Å². The van der Waals surface area contributed by atoms with Crippen molar-refractivity contribution in [3.05, 3.63) is 16.6 Å². The molecule has 1 aromatic rings. The number of nitrogens with zero attached hydrogens (tertiary/aromatic N) is 2. The highest BCUT2D eigenvalue weighted by molar-refractivity contribution is 7.09. The van der Waals surface area contributed by atoms with Crippen molar-refractivity contribution >= 4 is 11.3 Å². The summed E-state index contributed by atoms with van der Waals surface area (Å²) in [5, 5.41) is 13.7. The fraction of sp³-hybridized carbons (Fsp3) is 0.786. The average Bonchev–Trinajstić information content (AvgIpc) is 2.88. The second kappa shape index (κ2) is 7.22. The molecule has 0 fully saturated rings. The standard InChI is InChI=1S/C14H26N2OS/c1-5-14(6-2,16(7-3)8-4)12(17)11-13-15-9-10-18-13/h9-10,12,17H,5-8,11H2,1-4H3. The van der Waals surface area contributed by atoms with Gasteiger partial charge in [0, 0.05) is 23.5 Å². The lowest BCUT2D eigenvalue weighted by atomic mass is 9.83. The summed E-state index contributed by atoms with van der Waals surface area (Å²) >= 11 is 1.63. The number of hydrogen-bond donors (Lipinski definition) is 1. The Morgan fingerprint density at radius 3 is 2.28 bits per heavy atom. The van der Waals surface area contributed by atoms with Crippen molar-refractivity contribution in [2.24, 2.45) is 0 Å². The van der Waals surface area contributed by atoms with Crippen LogP contribution in [0, 0.1) is 0 Å². The Kier molecular flexibility index (Phi) is 6.26. The Morgan fingerprint density at radius 2 is 1.89 bits per heavy atom. The smallest absolute Gasteiger partial charge is 0.0951 e. The summed E-state index contributed by atoms with van der Waals surface area (Å²) in [6.07, 6.45) is 4.06. The number of aromatic nitrogens is 1. The zero-order chi connectivity index (χ0) is 13.6. The van der Waals surface area contributed by atoms with Gasteiger partial charge in [0.25, 0.3) is 0 Å². The predicted molar refractivity (Wildman–Crippen MR) is 78.1 cm³/mol. The van der Waals surface area contributed by atoms with Gasteiger partial charge < -0.3 is 5.11 Å². The van der Waals surface area contributed by atoms with Gasteiger partial charge in [0.15, 0.2) is 0 Å². The molecule has 0 spiro atoms. The van der Waals surface area contributed by atoms with Gasteiger partial charge in [-0.1, -0.05) is 27.7 Å². The highest BCUT2D eigenvalue weighted by atomic mass is 32.1. The molecule has 0 radical (unpaired) electrons. The van der Waals surface area contributed by atoms with Crippen molar-refractivity contribution in [3.63, 3.8) is 0 Å². The first-order valence-electron chi connectivity index (χ1n) is 6.96. The van der Waals surface area contributed by atoms with Gasteiger partial charge >= 0.3 is 0 Å². The van der Waals surface area contributed by atoms with Gasteiger partial charge in [0.05, 0.1) is 11.1 Å². The van der Waals surface area contributed by atoms with E-state index in [4.69, 9.17) is 0 Å². The Hall–Kier alpha value is -0.450. The minimum Gasteiger partial charge on any atom is -0.391 e. The second-order valence-electron chi connectivity index (χ2n) is 4.63. The highest BCUT2D eigenvalue weighted by Gasteiger charge is 2.39. The molecule has 0 aliphatic carbocycles. The van der Waals surface area contributed by atoms with E-state index in [9.17, 15) is 5.11 Å². The average molecular weight is 270 g/mol. The summed E-state index contributed by atoms with van der Waals surface area (Å²) in [5.74, 6) is 0. The van der Waals surface area contributed by atoms with Crippen molar-refractivity contribution < 1.29 is 5.11 Å². The SMILES string of the molecule is CCN(CC)C(CC)(CC)C(O)Cc1nccs1. The van der Waals surface area contributed by atoms with Crippen molar-refractivity contribution in [2.75, 3.05) is 13.1 Å². The third kappa shape index (κ3) is 3.11. The van der Waals surface area contributed by atoms with Gasteiger partial charge in [-0.05, 0) is 25.9 Å². The van der Waals surface area contributed by atoms with Gasteiger partial charge in [-0.25, -0.2) is 4.98 Å². The van der Waals surface area contributed by atoms with Crippen LogP contribution in [0.15, 0.2) is 11.6 Å². The van der Waals surface area contributed by atoms with E-state index in [0.29, 0.717) is 6.42 Å². The van der Waals surface area contributed by atoms with Crippen molar-refractivity contribution in [1.29, 1.82) is 0 Å². The molecule has 0 aliphatic heterocycles. The predicted octanol–water partition coefficient (Wildman–Crippen LogP) is 2.95. The summed E-state index contributed by atoms with van der Waals surface area (Å²) in [4.78, 5) is 6.68. The van der Waals surface area contributed by atoms with Gasteiger partial charge in [0.2, 0.25) is 0 Å². The van der Waals surface area contributed by atoms with Crippen LogP contribution in [0.4, 0.5) is 0 Å². The van der Waals surface area contributed by atoms with Gasteiger partial charge in [-0.2, -0.15) is 0 Å². The molecule has 1 aromatic heterocycles. The fourth-order valence-corrected chi connectivity index (χ4v) is 3.60. The molecule has 1 atom stereocenters. The minimum absolute atomic E-state index is 0.116. The molecule has 1 N–H and O–H groups in total. The Morgan fingerprint density at radius 1 is 1.28 bits per heavy atom. The van der Waals surface area contributed by atoms with Gasteiger partial charge in [-0.3, -0.25) is 4.90 Å². The lowest BCUT2D eigenvalue weighted by molar-refractivity contribution is -0.0341. The summed E-state index contributed by atoms with van der Waals surface area (Å²) in [5.41, 5.74) is -0.116.